The summed E-state index contributed by atoms with van der Waals surface area (Å²) in [4.78, 5) is 12.8. The zero-order valence-electron chi connectivity index (χ0n) is 14.2. The van der Waals surface area contributed by atoms with Crippen LogP contribution in [0, 0.1) is 0 Å². The molecular formula is C17H20ClN3O5. The number of aromatic nitrogens is 1. The number of halogens is 1. The number of nitrogens with one attached hydrogen (secondary N) is 2. The Labute approximate surface area is 155 Å². The number of hydrogen-bond donors (Lipinski definition) is 3. The van der Waals surface area contributed by atoms with Gasteiger partial charge in [-0.15, -0.1) is 0 Å². The summed E-state index contributed by atoms with van der Waals surface area (Å²) in [6.07, 6.45) is -0.748. The molecule has 1 aromatic carbocycles. The van der Waals surface area contributed by atoms with Gasteiger partial charge >= 0.3 is 0 Å². The number of anilines is 1. The number of rotatable bonds is 7. The van der Waals surface area contributed by atoms with Gasteiger partial charge in [0.2, 0.25) is 0 Å². The standard InChI is InChI=1S/C17H20ClN3O5/c1-24-7-6-19-16-14(17(23)20-12-8-25-9-13(12)22)15(26-21-16)10-2-4-11(18)5-3-10/h2-5,12-13,22H,6-9H2,1H3,(H,19,21)(H,20,23)/t12-,13-/m0/s1. The molecule has 1 aliphatic heterocycles. The molecule has 8 nitrogen and oxygen atoms in total. The van der Waals surface area contributed by atoms with Crippen molar-refractivity contribution in [2.75, 3.05) is 38.8 Å². The molecule has 0 spiro atoms. The summed E-state index contributed by atoms with van der Waals surface area (Å²) in [6.45, 7) is 1.34. The summed E-state index contributed by atoms with van der Waals surface area (Å²) in [5.74, 6) is 0.205. The maximum absolute atomic E-state index is 12.8. The lowest BCUT2D eigenvalue weighted by atomic mass is 10.1. The van der Waals surface area contributed by atoms with E-state index in [-0.39, 0.29) is 18.8 Å². The minimum Gasteiger partial charge on any atom is -0.388 e. The van der Waals surface area contributed by atoms with Crippen LogP contribution in [-0.2, 0) is 9.47 Å². The molecule has 1 aromatic heterocycles. The van der Waals surface area contributed by atoms with Gasteiger partial charge in [-0.05, 0) is 24.3 Å². The summed E-state index contributed by atoms with van der Waals surface area (Å²) in [6, 6.07) is 6.40. The van der Waals surface area contributed by atoms with Gasteiger partial charge in [0, 0.05) is 24.2 Å². The Hall–Kier alpha value is -2.13. The predicted octanol–water partition coefficient (Wildman–Crippen LogP) is 1.54. The number of nitrogens with zero attached hydrogens (tertiary/aromatic N) is 1. The van der Waals surface area contributed by atoms with Crippen molar-refractivity contribution < 1.29 is 23.9 Å². The van der Waals surface area contributed by atoms with E-state index in [1.807, 2.05) is 0 Å². The van der Waals surface area contributed by atoms with Crippen molar-refractivity contribution in [2.24, 2.45) is 0 Å². The molecule has 1 aliphatic rings. The Bertz CT molecular complexity index is 749. The van der Waals surface area contributed by atoms with E-state index in [4.69, 9.17) is 25.6 Å². The highest BCUT2D eigenvalue weighted by Gasteiger charge is 2.31. The number of carbonyl (C=O) groups is 1. The van der Waals surface area contributed by atoms with Crippen molar-refractivity contribution >= 4 is 23.3 Å². The summed E-state index contributed by atoms with van der Waals surface area (Å²) >= 11 is 5.93. The fraction of sp³-hybridized carbons (Fsp3) is 0.412. The van der Waals surface area contributed by atoms with Gasteiger partial charge in [-0.1, -0.05) is 16.8 Å². The van der Waals surface area contributed by atoms with Crippen molar-refractivity contribution in [3.8, 4) is 11.3 Å². The second-order valence-electron chi connectivity index (χ2n) is 5.85. The Morgan fingerprint density at radius 2 is 2.15 bits per heavy atom. The minimum absolute atomic E-state index is 0.192. The molecule has 3 rings (SSSR count). The molecule has 0 aliphatic carbocycles. The van der Waals surface area contributed by atoms with Crippen LogP contribution in [-0.4, -0.2) is 61.8 Å². The smallest absolute Gasteiger partial charge is 0.259 e. The first-order valence-corrected chi connectivity index (χ1v) is 8.53. The fourth-order valence-electron chi connectivity index (χ4n) is 2.61. The number of carbonyl (C=O) groups excluding carboxylic acids is 1. The van der Waals surface area contributed by atoms with Crippen LogP contribution in [0.3, 0.4) is 0 Å². The van der Waals surface area contributed by atoms with Gasteiger partial charge in [0.05, 0.1) is 32.0 Å². The van der Waals surface area contributed by atoms with Crippen LogP contribution in [0.25, 0.3) is 11.3 Å². The van der Waals surface area contributed by atoms with E-state index in [1.165, 1.54) is 0 Å². The van der Waals surface area contributed by atoms with Gasteiger partial charge in [-0.25, -0.2) is 0 Å². The summed E-state index contributed by atoms with van der Waals surface area (Å²) in [5.41, 5.74) is 0.914. The van der Waals surface area contributed by atoms with Gasteiger partial charge in [-0.2, -0.15) is 0 Å². The highest BCUT2D eigenvalue weighted by atomic mass is 35.5. The highest BCUT2D eigenvalue weighted by molar-refractivity contribution is 6.30. The lowest BCUT2D eigenvalue weighted by molar-refractivity contribution is 0.0887. The maximum atomic E-state index is 12.8. The molecule has 0 saturated carbocycles. The van der Waals surface area contributed by atoms with Crippen LogP contribution in [0.5, 0.6) is 0 Å². The van der Waals surface area contributed by atoms with Gasteiger partial charge in [0.15, 0.2) is 11.6 Å². The lowest BCUT2D eigenvalue weighted by Crippen LogP contribution is -2.42. The SMILES string of the molecule is COCCNc1noc(-c2ccc(Cl)cc2)c1C(=O)N[C@H]1COC[C@@H]1O. The zero-order valence-corrected chi connectivity index (χ0v) is 15.0. The number of aliphatic hydroxyl groups excluding tert-OH is 1. The van der Waals surface area contributed by atoms with Crippen molar-refractivity contribution in [2.45, 2.75) is 12.1 Å². The molecular weight excluding hydrogens is 362 g/mol. The molecule has 2 atom stereocenters. The molecule has 0 radical (unpaired) electrons. The molecule has 1 saturated heterocycles. The van der Waals surface area contributed by atoms with Crippen LogP contribution in [0.15, 0.2) is 28.8 Å². The summed E-state index contributed by atoms with van der Waals surface area (Å²) < 4.78 is 15.6. The number of ether oxygens (including phenoxy) is 2. The molecule has 2 aromatic rings. The number of hydrogen-bond acceptors (Lipinski definition) is 7. The summed E-state index contributed by atoms with van der Waals surface area (Å²) in [5, 5.41) is 20.2. The van der Waals surface area contributed by atoms with Crippen LogP contribution < -0.4 is 10.6 Å². The molecule has 1 fully saturated rings. The predicted molar refractivity (Wildman–Crippen MR) is 95.4 cm³/mol. The van der Waals surface area contributed by atoms with Crippen LogP contribution in [0.2, 0.25) is 5.02 Å². The third-order valence-corrected chi connectivity index (χ3v) is 4.24. The quantitative estimate of drug-likeness (QED) is 0.624. The number of methoxy groups -OCH3 is 1. The average Bonchev–Trinajstić information content (AvgIpc) is 3.22. The lowest BCUT2D eigenvalue weighted by Gasteiger charge is -2.15. The Morgan fingerprint density at radius 1 is 1.38 bits per heavy atom. The monoisotopic (exact) mass is 381 g/mol. The average molecular weight is 382 g/mol. The Balaban J connectivity index is 1.89. The van der Waals surface area contributed by atoms with E-state index < -0.39 is 18.1 Å². The van der Waals surface area contributed by atoms with Crippen LogP contribution >= 0.6 is 11.6 Å². The van der Waals surface area contributed by atoms with Crippen molar-refractivity contribution in [1.82, 2.24) is 10.5 Å². The fourth-order valence-corrected chi connectivity index (χ4v) is 2.74. The van der Waals surface area contributed by atoms with Crippen molar-refractivity contribution in [3.05, 3.63) is 34.9 Å². The van der Waals surface area contributed by atoms with Gasteiger partial charge < -0.3 is 29.7 Å². The number of benzene rings is 1. The molecule has 3 N–H and O–H groups in total. The second kappa shape index (κ2) is 8.50. The van der Waals surface area contributed by atoms with Crippen LogP contribution in [0.1, 0.15) is 10.4 Å². The summed E-state index contributed by atoms with van der Waals surface area (Å²) in [7, 11) is 1.58. The van der Waals surface area contributed by atoms with Crippen molar-refractivity contribution in [3.63, 3.8) is 0 Å². The molecule has 2 heterocycles. The molecule has 9 heteroatoms. The van der Waals surface area contributed by atoms with E-state index in [2.05, 4.69) is 15.8 Å². The van der Waals surface area contributed by atoms with E-state index in [1.54, 1.807) is 31.4 Å². The van der Waals surface area contributed by atoms with Crippen molar-refractivity contribution in [1.29, 1.82) is 0 Å². The van der Waals surface area contributed by atoms with Crippen LogP contribution in [0.4, 0.5) is 5.82 Å². The second-order valence-corrected chi connectivity index (χ2v) is 6.28. The first kappa shape index (κ1) is 18.7. The first-order valence-electron chi connectivity index (χ1n) is 8.15. The minimum atomic E-state index is -0.748. The topological polar surface area (TPSA) is 106 Å². The third kappa shape index (κ3) is 4.16. The molecule has 140 valence electrons. The first-order chi connectivity index (χ1) is 12.6. The van der Waals surface area contributed by atoms with Gasteiger partial charge in [-0.3, -0.25) is 4.79 Å². The van der Waals surface area contributed by atoms with E-state index in [0.717, 1.165) is 0 Å². The van der Waals surface area contributed by atoms with E-state index >= 15 is 0 Å². The molecule has 26 heavy (non-hydrogen) atoms. The number of amides is 1. The normalized spacial score (nSPS) is 19.5. The number of aliphatic hydroxyl groups is 1. The van der Waals surface area contributed by atoms with E-state index in [9.17, 15) is 9.90 Å². The maximum Gasteiger partial charge on any atom is 0.259 e. The Kier molecular flexibility index (Phi) is 6.10. The third-order valence-electron chi connectivity index (χ3n) is 3.99. The molecule has 0 unspecified atom stereocenters. The highest BCUT2D eigenvalue weighted by Crippen LogP contribution is 2.30. The Morgan fingerprint density at radius 3 is 2.81 bits per heavy atom. The molecule has 0 bridgehead atoms. The van der Waals surface area contributed by atoms with Gasteiger partial charge in [0.25, 0.3) is 5.91 Å². The zero-order chi connectivity index (χ0) is 18.5. The molecule has 1 amide bonds. The van der Waals surface area contributed by atoms with E-state index in [0.29, 0.717) is 35.3 Å². The largest absolute Gasteiger partial charge is 0.388 e. The van der Waals surface area contributed by atoms with Gasteiger partial charge in [0.1, 0.15) is 5.56 Å².